The fraction of sp³-hybridized carbons (Fsp3) is 0.387. The number of benzene rings is 2. The minimum atomic E-state index is 0.732. The lowest BCUT2D eigenvalue weighted by molar-refractivity contribution is 0.125. The van der Waals surface area contributed by atoms with E-state index < -0.39 is 0 Å². The summed E-state index contributed by atoms with van der Waals surface area (Å²) in [4.78, 5) is 7.20. The normalized spacial score (nSPS) is 16.1. The molecular weight excluding hydrogens is 452 g/mol. The smallest absolute Gasteiger partial charge is 0.119 e. The van der Waals surface area contributed by atoms with E-state index in [0.29, 0.717) is 0 Å². The largest absolute Gasteiger partial charge is 0.492 e. The van der Waals surface area contributed by atoms with E-state index in [1.54, 1.807) is 0 Å². The van der Waals surface area contributed by atoms with Gasteiger partial charge in [0.1, 0.15) is 18.1 Å². The molecule has 0 bridgehead atoms. The molecule has 0 saturated heterocycles. The van der Waals surface area contributed by atoms with Crippen molar-refractivity contribution in [1.82, 2.24) is 9.88 Å². The Kier molecular flexibility index (Phi) is 8.03. The zero-order chi connectivity index (χ0) is 23.9. The molecular formula is C31H33ClN2O. The Morgan fingerprint density at radius 3 is 2.26 bits per heavy atom. The second-order valence-electron chi connectivity index (χ2n) is 9.79. The van der Waals surface area contributed by atoms with Gasteiger partial charge in [-0.25, -0.2) is 4.98 Å². The molecule has 35 heavy (non-hydrogen) atoms. The van der Waals surface area contributed by atoms with Crippen molar-refractivity contribution in [2.45, 2.75) is 51.0 Å². The first kappa shape index (κ1) is 23.9. The van der Waals surface area contributed by atoms with Crippen LogP contribution in [-0.4, -0.2) is 35.6 Å². The number of hydrogen-bond donors (Lipinski definition) is 0. The van der Waals surface area contributed by atoms with E-state index in [-0.39, 0.29) is 0 Å². The van der Waals surface area contributed by atoms with Gasteiger partial charge < -0.3 is 4.74 Å². The lowest BCUT2D eigenvalue weighted by Crippen LogP contribution is -2.40. The standard InChI is InChI=1S/C31H33ClN2O/c32-28-14-11-26(12-15-28)27-13-17-29(33-22-27)16-8-24-9-18-31(19-10-24)35-21-20-34(23-25-6-7-25)30-4-2-1-3-5-30/h9-15,17-19,22,25,30H,1-7,20-21,23H2. The zero-order valence-corrected chi connectivity index (χ0v) is 21.0. The maximum atomic E-state index is 6.10. The molecule has 0 N–H and O–H groups in total. The Morgan fingerprint density at radius 1 is 0.829 bits per heavy atom. The van der Waals surface area contributed by atoms with Gasteiger partial charge in [0.05, 0.1) is 0 Å². The lowest BCUT2D eigenvalue weighted by Gasteiger charge is -2.34. The maximum absolute atomic E-state index is 6.10. The number of nitrogens with zero attached hydrogens (tertiary/aromatic N) is 2. The van der Waals surface area contributed by atoms with Crippen LogP contribution >= 0.6 is 11.6 Å². The molecule has 1 heterocycles. The number of rotatable bonds is 8. The summed E-state index contributed by atoms with van der Waals surface area (Å²) < 4.78 is 6.10. The third kappa shape index (κ3) is 7.10. The van der Waals surface area contributed by atoms with Crippen molar-refractivity contribution >= 4 is 11.6 Å². The van der Waals surface area contributed by atoms with Gasteiger partial charge in [-0.3, -0.25) is 4.90 Å². The second-order valence-corrected chi connectivity index (χ2v) is 10.2. The summed E-state index contributed by atoms with van der Waals surface area (Å²) in [6.07, 6.45) is 11.6. The van der Waals surface area contributed by atoms with Crippen molar-refractivity contribution in [3.8, 4) is 28.7 Å². The molecule has 2 fully saturated rings. The first-order valence-corrected chi connectivity index (χ1v) is 13.3. The molecule has 1 aromatic heterocycles. The Hall–Kier alpha value is -2.80. The van der Waals surface area contributed by atoms with Crippen LogP contribution in [0, 0.1) is 17.8 Å². The van der Waals surface area contributed by atoms with Crippen LogP contribution in [0.4, 0.5) is 0 Å². The van der Waals surface area contributed by atoms with E-state index >= 15 is 0 Å². The molecule has 0 unspecified atom stereocenters. The maximum Gasteiger partial charge on any atom is 0.119 e. The zero-order valence-electron chi connectivity index (χ0n) is 20.3. The topological polar surface area (TPSA) is 25.4 Å². The highest BCUT2D eigenvalue weighted by Crippen LogP contribution is 2.32. The third-order valence-electron chi connectivity index (χ3n) is 7.06. The van der Waals surface area contributed by atoms with Crippen LogP contribution in [0.25, 0.3) is 11.1 Å². The molecule has 5 rings (SSSR count). The molecule has 2 aliphatic carbocycles. The molecule has 2 aromatic carbocycles. The molecule has 2 aliphatic rings. The van der Waals surface area contributed by atoms with E-state index in [9.17, 15) is 0 Å². The van der Waals surface area contributed by atoms with Gasteiger partial charge in [-0.1, -0.05) is 55.0 Å². The summed E-state index contributed by atoms with van der Waals surface area (Å²) in [5, 5.41) is 0.732. The van der Waals surface area contributed by atoms with Crippen molar-refractivity contribution < 1.29 is 4.74 Å². The van der Waals surface area contributed by atoms with Gasteiger partial charge in [0, 0.05) is 41.5 Å². The minimum absolute atomic E-state index is 0.732. The first-order chi connectivity index (χ1) is 17.2. The van der Waals surface area contributed by atoms with Crippen molar-refractivity contribution in [1.29, 1.82) is 0 Å². The van der Waals surface area contributed by atoms with Crippen LogP contribution in [0.3, 0.4) is 0 Å². The predicted molar refractivity (Wildman–Crippen MR) is 144 cm³/mol. The van der Waals surface area contributed by atoms with Crippen LogP contribution < -0.4 is 4.74 Å². The van der Waals surface area contributed by atoms with E-state index in [2.05, 4.69) is 21.7 Å². The second kappa shape index (κ2) is 11.8. The number of pyridine rings is 1. The van der Waals surface area contributed by atoms with Crippen molar-refractivity contribution in [2.75, 3.05) is 19.7 Å². The number of aromatic nitrogens is 1. The van der Waals surface area contributed by atoms with Gasteiger partial charge >= 0.3 is 0 Å². The highest BCUT2D eigenvalue weighted by molar-refractivity contribution is 6.30. The minimum Gasteiger partial charge on any atom is -0.492 e. The molecule has 0 radical (unpaired) electrons. The number of hydrogen-bond acceptors (Lipinski definition) is 3. The summed E-state index contributed by atoms with van der Waals surface area (Å²) in [6, 6.07) is 20.6. The fourth-order valence-electron chi connectivity index (χ4n) is 4.83. The average Bonchev–Trinajstić information content (AvgIpc) is 3.73. The quantitative estimate of drug-likeness (QED) is 0.315. The van der Waals surface area contributed by atoms with E-state index in [4.69, 9.17) is 16.3 Å². The molecule has 3 aromatic rings. The summed E-state index contributed by atoms with van der Waals surface area (Å²) in [5.74, 6) is 8.21. The Balaban J connectivity index is 1.12. The van der Waals surface area contributed by atoms with Gasteiger partial charge in [0.2, 0.25) is 0 Å². The SMILES string of the molecule is Clc1ccc(-c2ccc(C#Cc3ccc(OCCN(CC4CC4)C4CCCCC4)cc3)nc2)cc1. The van der Waals surface area contributed by atoms with E-state index in [0.717, 1.165) is 58.3 Å². The average molecular weight is 485 g/mol. The predicted octanol–water partition coefficient (Wildman–Crippen LogP) is 7.23. The van der Waals surface area contributed by atoms with E-state index in [1.165, 1.54) is 51.5 Å². The lowest BCUT2D eigenvalue weighted by atomic mass is 9.94. The Labute approximate surface area is 214 Å². The number of halogens is 1. The highest BCUT2D eigenvalue weighted by Gasteiger charge is 2.28. The molecule has 3 nitrogen and oxygen atoms in total. The van der Waals surface area contributed by atoms with Crippen LogP contribution in [0.1, 0.15) is 56.2 Å². The van der Waals surface area contributed by atoms with Crippen molar-refractivity contribution in [3.05, 3.63) is 83.1 Å². The van der Waals surface area contributed by atoms with Crippen LogP contribution in [0.5, 0.6) is 5.75 Å². The number of ether oxygens (including phenoxy) is 1. The third-order valence-corrected chi connectivity index (χ3v) is 7.31. The molecule has 0 aliphatic heterocycles. The van der Waals surface area contributed by atoms with Crippen LogP contribution in [0.15, 0.2) is 66.9 Å². The van der Waals surface area contributed by atoms with Gasteiger partial charge in [-0.05, 0) is 85.5 Å². The van der Waals surface area contributed by atoms with Crippen LogP contribution in [-0.2, 0) is 0 Å². The summed E-state index contributed by atoms with van der Waals surface area (Å²) in [5.41, 5.74) is 3.85. The van der Waals surface area contributed by atoms with Gasteiger partial charge in [0.25, 0.3) is 0 Å². The Bertz CT molecular complexity index is 1140. The summed E-state index contributed by atoms with van der Waals surface area (Å²) >= 11 is 5.97. The molecule has 0 atom stereocenters. The van der Waals surface area contributed by atoms with Gasteiger partial charge in [0.15, 0.2) is 0 Å². The van der Waals surface area contributed by atoms with Gasteiger partial charge in [-0.15, -0.1) is 0 Å². The highest BCUT2D eigenvalue weighted by atomic mass is 35.5. The Morgan fingerprint density at radius 2 is 1.57 bits per heavy atom. The van der Waals surface area contributed by atoms with Gasteiger partial charge in [-0.2, -0.15) is 0 Å². The van der Waals surface area contributed by atoms with Crippen LogP contribution in [0.2, 0.25) is 5.02 Å². The summed E-state index contributed by atoms with van der Waals surface area (Å²) in [6.45, 7) is 3.04. The molecule has 0 amide bonds. The molecule has 2 saturated carbocycles. The fourth-order valence-corrected chi connectivity index (χ4v) is 4.96. The molecule has 4 heteroatoms. The monoisotopic (exact) mass is 484 g/mol. The summed E-state index contributed by atoms with van der Waals surface area (Å²) in [7, 11) is 0. The van der Waals surface area contributed by atoms with E-state index in [1.807, 2.05) is 66.9 Å². The molecule has 0 spiro atoms. The first-order valence-electron chi connectivity index (χ1n) is 12.9. The van der Waals surface area contributed by atoms with Crippen molar-refractivity contribution in [2.24, 2.45) is 5.92 Å². The molecule has 180 valence electrons. The van der Waals surface area contributed by atoms with Crippen molar-refractivity contribution in [3.63, 3.8) is 0 Å².